The minimum atomic E-state index is -0.674. The van der Waals surface area contributed by atoms with Gasteiger partial charge in [-0.05, 0) is 49.2 Å². The number of rotatable bonds is 5. The monoisotopic (exact) mass is 545 g/mol. The maximum absolute atomic E-state index is 14.2. The summed E-state index contributed by atoms with van der Waals surface area (Å²) in [6, 6.07) is 21.3. The molecule has 2 aromatic heterocycles. The zero-order valence-corrected chi connectivity index (χ0v) is 23.3. The van der Waals surface area contributed by atoms with Crippen LogP contribution in [-0.4, -0.2) is 21.7 Å². The first kappa shape index (κ1) is 25.6. The van der Waals surface area contributed by atoms with Crippen LogP contribution in [0.25, 0.3) is 27.8 Å². The Kier molecular flexibility index (Phi) is 6.49. The molecule has 0 spiro atoms. The Balaban J connectivity index is 1.64. The van der Waals surface area contributed by atoms with E-state index in [0.29, 0.717) is 27.1 Å². The van der Waals surface area contributed by atoms with Crippen molar-refractivity contribution >= 4 is 45.1 Å². The number of nitrogens with zero attached hydrogens (tertiary/aromatic N) is 3. The molecule has 0 bridgehead atoms. The summed E-state index contributed by atoms with van der Waals surface area (Å²) in [5, 5.41) is 3.02. The van der Waals surface area contributed by atoms with Crippen molar-refractivity contribution in [1.29, 1.82) is 0 Å². The normalized spacial score (nSPS) is 15.2. The molecule has 1 aliphatic rings. The minimum Gasteiger partial charge on any atom is -0.463 e. The maximum Gasteiger partial charge on any atom is 0.338 e. The van der Waals surface area contributed by atoms with Gasteiger partial charge in [-0.1, -0.05) is 77.9 Å². The second-order valence-electron chi connectivity index (χ2n) is 9.68. The lowest BCUT2D eigenvalue weighted by molar-refractivity contribution is -0.139. The quantitative estimate of drug-likeness (QED) is 0.234. The van der Waals surface area contributed by atoms with Crippen LogP contribution in [0.2, 0.25) is 0 Å². The molecule has 0 saturated carbocycles. The van der Waals surface area contributed by atoms with E-state index in [1.807, 2.05) is 79.7 Å². The number of thiazole rings is 1. The molecule has 3 aromatic carbocycles. The molecule has 6 nitrogen and oxygen atoms in total. The highest BCUT2D eigenvalue weighted by molar-refractivity contribution is 7.07. The van der Waals surface area contributed by atoms with E-state index in [1.165, 1.54) is 11.3 Å². The van der Waals surface area contributed by atoms with Crippen LogP contribution in [0.1, 0.15) is 36.7 Å². The van der Waals surface area contributed by atoms with Crippen molar-refractivity contribution in [1.82, 2.24) is 9.13 Å². The Morgan fingerprint density at radius 2 is 1.80 bits per heavy atom. The number of hydrogen-bond acceptors (Lipinski definition) is 5. The van der Waals surface area contributed by atoms with Crippen molar-refractivity contribution in [2.45, 2.75) is 33.4 Å². The average molecular weight is 546 g/mol. The first-order chi connectivity index (χ1) is 19.4. The summed E-state index contributed by atoms with van der Waals surface area (Å²) in [7, 11) is 0. The van der Waals surface area contributed by atoms with Crippen LogP contribution in [0.5, 0.6) is 0 Å². The van der Waals surface area contributed by atoms with Gasteiger partial charge in [0.15, 0.2) is 4.80 Å². The van der Waals surface area contributed by atoms with E-state index in [4.69, 9.17) is 16.2 Å². The smallest absolute Gasteiger partial charge is 0.338 e. The number of terminal acetylenes is 1. The SMILES string of the molecule is C#CCn1c(C)c(/C=c2\sc3n(c2=O)C(c2cccc4ccccc24)C(C(=O)OCC)=C(C)N=3)c2ccccc21. The van der Waals surface area contributed by atoms with Gasteiger partial charge in [0.05, 0.1) is 35.0 Å². The number of ether oxygens (including phenoxy) is 1. The van der Waals surface area contributed by atoms with Gasteiger partial charge in [-0.3, -0.25) is 9.36 Å². The third kappa shape index (κ3) is 4.00. The summed E-state index contributed by atoms with van der Waals surface area (Å²) in [5.74, 6) is 2.27. The molecule has 1 aliphatic heterocycles. The number of allylic oxidation sites excluding steroid dienone is 1. The minimum absolute atomic E-state index is 0.204. The predicted molar refractivity (Wildman–Crippen MR) is 160 cm³/mol. The zero-order chi connectivity index (χ0) is 28.0. The summed E-state index contributed by atoms with van der Waals surface area (Å²) in [6.45, 7) is 6.25. The summed E-state index contributed by atoms with van der Waals surface area (Å²) in [5.41, 5.74) is 4.52. The Labute approximate surface area is 235 Å². The van der Waals surface area contributed by atoms with Crippen LogP contribution >= 0.6 is 11.3 Å². The third-order valence-corrected chi connectivity index (χ3v) is 8.42. The van der Waals surface area contributed by atoms with Gasteiger partial charge in [-0.15, -0.1) is 6.42 Å². The Hall–Kier alpha value is -4.67. The molecule has 198 valence electrons. The number of carbonyl (C=O) groups excluding carboxylic acids is 1. The van der Waals surface area contributed by atoms with E-state index in [0.717, 1.165) is 38.5 Å². The second-order valence-corrected chi connectivity index (χ2v) is 10.7. The number of hydrogen-bond donors (Lipinski definition) is 0. The van der Waals surface area contributed by atoms with Gasteiger partial charge in [0.25, 0.3) is 5.56 Å². The van der Waals surface area contributed by atoms with E-state index in [1.54, 1.807) is 18.4 Å². The highest BCUT2D eigenvalue weighted by Gasteiger charge is 2.34. The Bertz CT molecular complexity index is 2080. The molecule has 3 heterocycles. The molecule has 0 aliphatic carbocycles. The van der Waals surface area contributed by atoms with Gasteiger partial charge >= 0.3 is 5.97 Å². The summed E-state index contributed by atoms with van der Waals surface area (Å²) < 4.78 is 9.73. The lowest BCUT2D eigenvalue weighted by Gasteiger charge is -2.25. The molecule has 40 heavy (non-hydrogen) atoms. The Morgan fingerprint density at radius 3 is 2.58 bits per heavy atom. The molecule has 7 heteroatoms. The number of fused-ring (bicyclic) bond motifs is 3. The highest BCUT2D eigenvalue weighted by Crippen LogP contribution is 2.35. The van der Waals surface area contributed by atoms with Crippen LogP contribution in [0.4, 0.5) is 0 Å². The molecule has 0 saturated heterocycles. The lowest BCUT2D eigenvalue weighted by atomic mass is 9.91. The summed E-state index contributed by atoms with van der Waals surface area (Å²) in [4.78, 5) is 32.8. The maximum atomic E-state index is 14.2. The van der Waals surface area contributed by atoms with Gasteiger partial charge < -0.3 is 9.30 Å². The topological polar surface area (TPSA) is 65.6 Å². The Morgan fingerprint density at radius 1 is 1.07 bits per heavy atom. The van der Waals surface area contributed by atoms with Crippen molar-refractivity contribution in [2.24, 2.45) is 4.99 Å². The second kappa shape index (κ2) is 10.1. The fourth-order valence-electron chi connectivity index (χ4n) is 5.64. The lowest BCUT2D eigenvalue weighted by Crippen LogP contribution is -2.40. The van der Waals surface area contributed by atoms with Crippen molar-refractivity contribution in [3.05, 3.63) is 115 Å². The van der Waals surface area contributed by atoms with E-state index >= 15 is 0 Å². The molecular formula is C33H27N3O3S. The largest absolute Gasteiger partial charge is 0.463 e. The molecule has 0 N–H and O–H groups in total. The van der Waals surface area contributed by atoms with E-state index in [-0.39, 0.29) is 12.2 Å². The van der Waals surface area contributed by atoms with Gasteiger partial charge in [0.2, 0.25) is 0 Å². The van der Waals surface area contributed by atoms with Crippen LogP contribution < -0.4 is 14.9 Å². The number of esters is 1. The third-order valence-electron chi connectivity index (χ3n) is 7.44. The number of aromatic nitrogens is 2. The van der Waals surface area contributed by atoms with Gasteiger partial charge in [0.1, 0.15) is 0 Å². The van der Waals surface area contributed by atoms with Crippen molar-refractivity contribution in [3.8, 4) is 12.3 Å². The van der Waals surface area contributed by atoms with E-state index in [9.17, 15) is 9.59 Å². The number of benzene rings is 3. The van der Waals surface area contributed by atoms with Crippen LogP contribution in [0.3, 0.4) is 0 Å². The molecule has 0 radical (unpaired) electrons. The van der Waals surface area contributed by atoms with Gasteiger partial charge in [-0.25, -0.2) is 9.79 Å². The molecule has 0 amide bonds. The first-order valence-electron chi connectivity index (χ1n) is 13.1. The van der Waals surface area contributed by atoms with E-state index in [2.05, 4.69) is 10.5 Å². The average Bonchev–Trinajstić information content (AvgIpc) is 3.41. The molecule has 1 unspecified atom stereocenters. The summed E-state index contributed by atoms with van der Waals surface area (Å²) >= 11 is 1.32. The standard InChI is InChI=1S/C33H27N3O3S/c1-5-18-35-21(4)26(24-15-9-10-17-27(24)35)19-28-31(37)36-30(25-16-11-13-22-12-7-8-14-23(22)25)29(32(38)39-6-2)20(3)34-33(36)40-28/h1,7-17,19,30H,6,18H2,2-4H3/b28-19-. The number of carbonyl (C=O) groups is 1. The molecular weight excluding hydrogens is 518 g/mol. The fourth-order valence-corrected chi connectivity index (χ4v) is 6.67. The van der Waals surface area contributed by atoms with Crippen molar-refractivity contribution in [3.63, 3.8) is 0 Å². The fraction of sp³-hybridized carbons (Fsp3) is 0.182. The highest BCUT2D eigenvalue weighted by atomic mass is 32.1. The van der Waals surface area contributed by atoms with Crippen molar-refractivity contribution < 1.29 is 9.53 Å². The predicted octanol–water partition coefficient (Wildman–Crippen LogP) is 4.85. The van der Waals surface area contributed by atoms with Crippen molar-refractivity contribution in [2.75, 3.05) is 6.61 Å². The van der Waals surface area contributed by atoms with Gasteiger partial charge in [-0.2, -0.15) is 0 Å². The summed E-state index contributed by atoms with van der Waals surface area (Å²) in [6.07, 6.45) is 7.60. The van der Waals surface area contributed by atoms with Crippen LogP contribution in [0.15, 0.2) is 87.8 Å². The van der Waals surface area contributed by atoms with Crippen LogP contribution in [0, 0.1) is 19.3 Å². The zero-order valence-electron chi connectivity index (χ0n) is 22.5. The molecule has 6 rings (SSSR count). The first-order valence-corrected chi connectivity index (χ1v) is 13.9. The molecule has 0 fully saturated rings. The van der Waals surface area contributed by atoms with Gasteiger partial charge in [0, 0.05) is 22.2 Å². The number of para-hydroxylation sites is 1. The van der Waals surface area contributed by atoms with E-state index < -0.39 is 12.0 Å². The molecule has 5 aromatic rings. The van der Waals surface area contributed by atoms with Crippen LogP contribution in [-0.2, 0) is 16.1 Å². The molecule has 1 atom stereocenters.